The van der Waals surface area contributed by atoms with Crippen molar-refractivity contribution in [3.05, 3.63) is 41.4 Å². The lowest BCUT2D eigenvalue weighted by atomic mass is 10.3. The van der Waals surface area contributed by atoms with Gasteiger partial charge in [-0.25, -0.2) is 13.4 Å². The van der Waals surface area contributed by atoms with Crippen molar-refractivity contribution in [1.82, 2.24) is 13.9 Å². The first-order valence-corrected chi connectivity index (χ1v) is 9.38. The smallest absolute Gasteiger partial charge is 0.243 e. The highest BCUT2D eigenvalue weighted by Crippen LogP contribution is 2.21. The lowest BCUT2D eigenvalue weighted by Crippen LogP contribution is -2.40. The first-order chi connectivity index (χ1) is 11.5. The van der Waals surface area contributed by atoms with Crippen LogP contribution in [0, 0.1) is 0 Å². The molecule has 3 rings (SSSR count). The summed E-state index contributed by atoms with van der Waals surface area (Å²) in [5.41, 5.74) is 0.712. The molecule has 1 N–H and O–H groups in total. The third-order valence-electron chi connectivity index (χ3n) is 3.92. The molecule has 1 aliphatic heterocycles. The molecule has 0 amide bonds. The molecule has 0 spiro atoms. The second-order valence-corrected chi connectivity index (χ2v) is 7.78. The molecule has 1 aromatic carbocycles. The highest BCUT2D eigenvalue weighted by molar-refractivity contribution is 7.89. The van der Waals surface area contributed by atoms with Crippen LogP contribution in [0.4, 0.5) is 5.69 Å². The Kier molecular flexibility index (Phi) is 5.09. The molecule has 130 valence electrons. The van der Waals surface area contributed by atoms with Gasteiger partial charge in [0.1, 0.15) is 11.0 Å². The van der Waals surface area contributed by atoms with Crippen LogP contribution in [0.15, 0.2) is 35.4 Å². The van der Waals surface area contributed by atoms with E-state index in [4.69, 9.17) is 16.3 Å². The van der Waals surface area contributed by atoms with Crippen LogP contribution in [-0.2, 0) is 28.4 Å². The number of hydrogen-bond donors (Lipinski definition) is 1. The van der Waals surface area contributed by atoms with E-state index in [2.05, 4.69) is 10.3 Å². The summed E-state index contributed by atoms with van der Waals surface area (Å²) in [7, 11) is -1.68. The normalized spacial score (nSPS) is 16.2. The molecule has 24 heavy (non-hydrogen) atoms. The third-order valence-corrected chi connectivity index (χ3v) is 6.17. The predicted octanol–water partition coefficient (Wildman–Crippen LogP) is 1.71. The minimum atomic E-state index is -3.50. The molecule has 1 fully saturated rings. The van der Waals surface area contributed by atoms with Crippen LogP contribution in [0.5, 0.6) is 0 Å². The van der Waals surface area contributed by atoms with Gasteiger partial charge in [-0.3, -0.25) is 0 Å². The summed E-state index contributed by atoms with van der Waals surface area (Å²) >= 11 is 5.96. The van der Waals surface area contributed by atoms with E-state index in [-0.39, 0.29) is 4.90 Å². The zero-order valence-corrected chi connectivity index (χ0v) is 14.8. The first-order valence-electron chi connectivity index (χ1n) is 7.56. The summed E-state index contributed by atoms with van der Waals surface area (Å²) in [6.45, 7) is 2.07. The van der Waals surface area contributed by atoms with E-state index in [1.165, 1.54) is 4.31 Å². The van der Waals surface area contributed by atoms with Crippen LogP contribution >= 0.6 is 11.6 Å². The first kappa shape index (κ1) is 17.2. The SMILES string of the molecule is Cn1c(Cl)cnc1CNc1cccc(S(=O)(=O)N2CCOCC2)c1. The van der Waals surface area contributed by atoms with Crippen LogP contribution in [-0.4, -0.2) is 48.6 Å². The molecular formula is C15H19ClN4O3S. The number of benzene rings is 1. The van der Waals surface area contributed by atoms with Gasteiger partial charge in [-0.15, -0.1) is 0 Å². The Bertz CT molecular complexity index is 816. The summed E-state index contributed by atoms with van der Waals surface area (Å²) < 4.78 is 33.8. The zero-order valence-electron chi connectivity index (χ0n) is 13.3. The fraction of sp³-hybridized carbons (Fsp3) is 0.400. The number of imidazole rings is 1. The fourth-order valence-electron chi connectivity index (χ4n) is 2.47. The van der Waals surface area contributed by atoms with E-state index < -0.39 is 10.0 Å². The average molecular weight is 371 g/mol. The number of halogens is 1. The number of anilines is 1. The van der Waals surface area contributed by atoms with Crippen LogP contribution < -0.4 is 5.32 Å². The number of aromatic nitrogens is 2. The minimum absolute atomic E-state index is 0.271. The van der Waals surface area contributed by atoms with E-state index >= 15 is 0 Å². The van der Waals surface area contributed by atoms with E-state index in [9.17, 15) is 8.42 Å². The topological polar surface area (TPSA) is 76.5 Å². The lowest BCUT2D eigenvalue weighted by Gasteiger charge is -2.26. The van der Waals surface area contributed by atoms with Gasteiger partial charge in [0.2, 0.25) is 10.0 Å². The van der Waals surface area contributed by atoms with Gasteiger partial charge in [0.25, 0.3) is 0 Å². The number of sulfonamides is 1. The van der Waals surface area contributed by atoms with Crippen molar-refractivity contribution in [2.75, 3.05) is 31.6 Å². The Morgan fingerprint density at radius 1 is 1.33 bits per heavy atom. The van der Waals surface area contributed by atoms with Crippen molar-refractivity contribution in [1.29, 1.82) is 0 Å². The van der Waals surface area contributed by atoms with Gasteiger partial charge < -0.3 is 14.6 Å². The maximum atomic E-state index is 12.7. The van der Waals surface area contributed by atoms with E-state index in [1.54, 1.807) is 29.0 Å². The van der Waals surface area contributed by atoms with Crippen LogP contribution in [0.2, 0.25) is 5.15 Å². The predicted molar refractivity (Wildman–Crippen MR) is 91.6 cm³/mol. The molecule has 0 radical (unpaired) electrons. The lowest BCUT2D eigenvalue weighted by molar-refractivity contribution is 0.0730. The van der Waals surface area contributed by atoms with Crippen molar-refractivity contribution >= 4 is 27.3 Å². The standard InChI is InChI=1S/C15H19ClN4O3S/c1-19-14(16)10-18-15(19)11-17-12-3-2-4-13(9-12)24(21,22)20-5-7-23-8-6-20/h2-4,9-10,17H,5-8,11H2,1H3. The van der Waals surface area contributed by atoms with E-state index in [0.29, 0.717) is 43.7 Å². The maximum Gasteiger partial charge on any atom is 0.243 e. The molecule has 0 saturated carbocycles. The number of ether oxygens (including phenoxy) is 1. The maximum absolute atomic E-state index is 12.7. The summed E-state index contributed by atoms with van der Waals surface area (Å²) in [6, 6.07) is 6.78. The molecule has 0 atom stereocenters. The quantitative estimate of drug-likeness (QED) is 0.867. The van der Waals surface area contributed by atoms with Crippen LogP contribution in [0.3, 0.4) is 0 Å². The highest BCUT2D eigenvalue weighted by atomic mass is 35.5. The second-order valence-electron chi connectivity index (χ2n) is 5.45. The molecule has 0 bridgehead atoms. The van der Waals surface area contributed by atoms with Crippen molar-refractivity contribution in [3.63, 3.8) is 0 Å². The minimum Gasteiger partial charge on any atom is -0.379 e. The van der Waals surface area contributed by atoms with Gasteiger partial charge in [-0.05, 0) is 18.2 Å². The molecule has 1 saturated heterocycles. The Morgan fingerprint density at radius 2 is 2.08 bits per heavy atom. The molecule has 1 aliphatic rings. The summed E-state index contributed by atoms with van der Waals surface area (Å²) in [6.07, 6.45) is 1.58. The van der Waals surface area contributed by atoms with Crippen LogP contribution in [0.25, 0.3) is 0 Å². The van der Waals surface area contributed by atoms with Gasteiger partial charge in [-0.2, -0.15) is 4.31 Å². The highest BCUT2D eigenvalue weighted by Gasteiger charge is 2.26. The molecular weight excluding hydrogens is 352 g/mol. The number of nitrogens with zero attached hydrogens (tertiary/aromatic N) is 3. The number of hydrogen-bond acceptors (Lipinski definition) is 5. The van der Waals surface area contributed by atoms with Gasteiger partial charge in [-0.1, -0.05) is 17.7 Å². The van der Waals surface area contributed by atoms with Crippen LogP contribution in [0.1, 0.15) is 5.82 Å². The summed E-state index contributed by atoms with van der Waals surface area (Å²) in [5, 5.41) is 3.73. The fourth-order valence-corrected chi connectivity index (χ4v) is 4.07. The van der Waals surface area contributed by atoms with E-state index in [0.717, 1.165) is 5.82 Å². The zero-order chi connectivity index (χ0) is 17.2. The van der Waals surface area contributed by atoms with Crippen molar-refractivity contribution < 1.29 is 13.2 Å². The Balaban J connectivity index is 1.75. The molecule has 0 aliphatic carbocycles. The van der Waals surface area contributed by atoms with Gasteiger partial charge >= 0.3 is 0 Å². The molecule has 1 aromatic heterocycles. The van der Waals surface area contributed by atoms with Crippen molar-refractivity contribution in [3.8, 4) is 0 Å². The summed E-state index contributed by atoms with van der Waals surface area (Å²) in [4.78, 5) is 4.47. The van der Waals surface area contributed by atoms with E-state index in [1.807, 2.05) is 13.1 Å². The van der Waals surface area contributed by atoms with Gasteiger partial charge in [0.05, 0.1) is 30.9 Å². The molecule has 2 aromatic rings. The largest absolute Gasteiger partial charge is 0.379 e. The summed E-state index contributed by atoms with van der Waals surface area (Å²) in [5.74, 6) is 0.765. The van der Waals surface area contributed by atoms with Gasteiger partial charge in [0.15, 0.2) is 0 Å². The Morgan fingerprint density at radius 3 is 2.75 bits per heavy atom. The number of morpholine rings is 1. The van der Waals surface area contributed by atoms with Gasteiger partial charge in [0, 0.05) is 25.8 Å². The monoisotopic (exact) mass is 370 g/mol. The molecule has 0 unspecified atom stereocenters. The Hall–Kier alpha value is -1.61. The Labute approximate surface area is 146 Å². The molecule has 7 nitrogen and oxygen atoms in total. The average Bonchev–Trinajstić information content (AvgIpc) is 2.93. The number of rotatable bonds is 5. The molecule has 2 heterocycles. The number of nitrogens with one attached hydrogen (secondary N) is 1. The van der Waals surface area contributed by atoms with Crippen molar-refractivity contribution in [2.24, 2.45) is 7.05 Å². The molecule has 9 heteroatoms. The third kappa shape index (κ3) is 3.56. The van der Waals surface area contributed by atoms with Crippen molar-refractivity contribution in [2.45, 2.75) is 11.4 Å². The second kappa shape index (κ2) is 7.10.